The molecule has 1 saturated carbocycles. The maximum absolute atomic E-state index is 12.3. The zero-order valence-corrected chi connectivity index (χ0v) is 36.1. The molecule has 0 bridgehead atoms. The van der Waals surface area contributed by atoms with Gasteiger partial charge in [-0.3, -0.25) is 0 Å². The first-order valence-corrected chi connectivity index (χ1v) is 25.2. The van der Waals surface area contributed by atoms with Crippen LogP contribution in [0.5, 0.6) is 0 Å². The van der Waals surface area contributed by atoms with Crippen molar-refractivity contribution in [2.24, 2.45) is 5.41 Å². The molecule has 0 heterocycles. The molecule has 0 aromatic rings. The third kappa shape index (κ3) is 21.5. The van der Waals surface area contributed by atoms with Crippen molar-refractivity contribution in [2.45, 2.75) is 224 Å². The summed E-state index contributed by atoms with van der Waals surface area (Å²) >= 11 is 9.00. The largest absolute Gasteiger partial charge is 0.391 e. The molecule has 0 saturated heterocycles. The lowest BCUT2D eigenvalue weighted by Crippen LogP contribution is -2.61. The second kappa shape index (κ2) is 29.9. The fourth-order valence-electron chi connectivity index (χ4n) is 7.69. The van der Waals surface area contributed by atoms with Crippen LogP contribution in [-0.2, 0) is 0 Å². The predicted octanol–water partition coefficient (Wildman–Crippen LogP) is 15.0. The lowest BCUT2D eigenvalue weighted by molar-refractivity contribution is -0.0185. The Morgan fingerprint density at radius 2 is 0.809 bits per heavy atom. The topological polar surface area (TPSA) is 20.2 Å². The van der Waals surface area contributed by atoms with E-state index < -0.39 is 0 Å². The van der Waals surface area contributed by atoms with E-state index in [1.807, 2.05) is 0 Å². The molecular formula is C42H84OS4. The minimum absolute atomic E-state index is 0.0209. The van der Waals surface area contributed by atoms with Gasteiger partial charge in [0.25, 0.3) is 0 Å². The van der Waals surface area contributed by atoms with Crippen molar-refractivity contribution in [2.75, 3.05) is 34.5 Å². The van der Waals surface area contributed by atoms with Gasteiger partial charge in [-0.2, -0.15) is 47.0 Å². The Morgan fingerprint density at radius 3 is 1.26 bits per heavy atom. The van der Waals surface area contributed by atoms with Crippen molar-refractivity contribution in [1.82, 2.24) is 0 Å². The third-order valence-corrected chi connectivity index (χ3v) is 16.5. The second-order valence-corrected chi connectivity index (χ2v) is 21.1. The number of aliphatic hydroxyl groups is 1. The number of hydrogen-bond acceptors (Lipinski definition) is 5. The first-order chi connectivity index (χ1) is 22.8. The van der Waals surface area contributed by atoms with Gasteiger partial charge in [-0.15, -0.1) is 0 Å². The molecule has 3 atom stereocenters. The van der Waals surface area contributed by atoms with Crippen molar-refractivity contribution in [1.29, 1.82) is 0 Å². The summed E-state index contributed by atoms with van der Waals surface area (Å²) in [5.41, 5.74) is -0.0398. The summed E-state index contributed by atoms with van der Waals surface area (Å²) in [5, 5.41) is 12.3. The van der Waals surface area contributed by atoms with Crippen LogP contribution in [0.15, 0.2) is 0 Å². The van der Waals surface area contributed by atoms with Gasteiger partial charge in [0, 0.05) is 16.3 Å². The molecule has 1 fully saturated rings. The van der Waals surface area contributed by atoms with Crippen LogP contribution in [0.2, 0.25) is 0 Å². The zero-order chi connectivity index (χ0) is 34.5. The average Bonchev–Trinajstić information content (AvgIpc) is 3.05. The van der Waals surface area contributed by atoms with Gasteiger partial charge in [-0.25, -0.2) is 0 Å². The van der Waals surface area contributed by atoms with Gasteiger partial charge in [-0.05, 0) is 67.0 Å². The third-order valence-electron chi connectivity index (χ3n) is 10.4. The lowest BCUT2D eigenvalue weighted by Gasteiger charge is -2.57. The Bertz CT molecular complexity index is 688. The summed E-state index contributed by atoms with van der Waals surface area (Å²) in [4.78, 5) is 0. The van der Waals surface area contributed by atoms with Crippen molar-refractivity contribution in [3.63, 3.8) is 0 Å². The Hall–Kier alpha value is 1.36. The fourth-order valence-corrected chi connectivity index (χ4v) is 14.5. The van der Waals surface area contributed by atoms with E-state index in [9.17, 15) is 5.11 Å². The molecule has 0 aromatic carbocycles. The molecule has 47 heavy (non-hydrogen) atoms. The Kier molecular flexibility index (Phi) is 29.5. The van der Waals surface area contributed by atoms with E-state index in [0.717, 1.165) is 5.75 Å². The van der Waals surface area contributed by atoms with Crippen molar-refractivity contribution in [3.05, 3.63) is 0 Å². The maximum atomic E-state index is 12.3. The highest BCUT2D eigenvalue weighted by Crippen LogP contribution is 2.58. The van der Waals surface area contributed by atoms with Gasteiger partial charge in [-0.1, -0.05) is 170 Å². The molecule has 1 aliphatic rings. The number of rotatable bonds is 34. The van der Waals surface area contributed by atoms with Gasteiger partial charge in [0.1, 0.15) is 0 Å². The Labute approximate surface area is 314 Å². The quantitative estimate of drug-likeness (QED) is 0.0663. The SMILES string of the molecule is CCCCCCCCSCC1(SCCCCCCCC)CC(C)(C)C(O)C(CSCCCCCCCC)(SCCCCCCCC)C1. The Morgan fingerprint density at radius 1 is 0.447 bits per heavy atom. The molecule has 282 valence electrons. The van der Waals surface area contributed by atoms with Crippen LogP contribution in [-0.4, -0.2) is 55.2 Å². The van der Waals surface area contributed by atoms with Gasteiger partial charge < -0.3 is 5.11 Å². The molecule has 5 heteroatoms. The summed E-state index contributed by atoms with van der Waals surface area (Å²) in [5.74, 6) is 7.52. The fraction of sp³-hybridized carbons (Fsp3) is 1.00. The molecule has 0 amide bonds. The highest BCUT2D eigenvalue weighted by Gasteiger charge is 2.57. The smallest absolute Gasteiger partial charge is 0.0746 e. The molecule has 0 spiro atoms. The zero-order valence-electron chi connectivity index (χ0n) is 32.8. The van der Waals surface area contributed by atoms with E-state index >= 15 is 0 Å². The van der Waals surface area contributed by atoms with Crippen LogP contribution in [0, 0.1) is 5.41 Å². The molecule has 1 rings (SSSR count). The first kappa shape index (κ1) is 46.4. The van der Waals surface area contributed by atoms with Crippen LogP contribution in [0.4, 0.5) is 0 Å². The van der Waals surface area contributed by atoms with E-state index in [1.54, 1.807) is 0 Å². The van der Waals surface area contributed by atoms with Crippen LogP contribution < -0.4 is 0 Å². The molecule has 0 radical (unpaired) electrons. The van der Waals surface area contributed by atoms with E-state index in [2.05, 4.69) is 88.6 Å². The normalized spacial score (nSPS) is 22.7. The Balaban J connectivity index is 3.03. The van der Waals surface area contributed by atoms with E-state index in [-0.39, 0.29) is 21.0 Å². The lowest BCUT2D eigenvalue weighted by atomic mass is 9.65. The summed E-state index contributed by atoms with van der Waals surface area (Å²) in [6, 6.07) is 0. The van der Waals surface area contributed by atoms with Gasteiger partial charge in [0.15, 0.2) is 0 Å². The predicted molar refractivity (Wildman–Crippen MR) is 228 cm³/mol. The van der Waals surface area contributed by atoms with Crippen LogP contribution >= 0.6 is 47.0 Å². The molecule has 1 N–H and O–H groups in total. The monoisotopic (exact) mass is 733 g/mol. The van der Waals surface area contributed by atoms with Crippen molar-refractivity contribution in [3.8, 4) is 0 Å². The minimum atomic E-state index is -0.219. The summed E-state index contributed by atoms with van der Waals surface area (Å²) in [6.07, 6.45) is 35.2. The summed E-state index contributed by atoms with van der Waals surface area (Å²) < 4.78 is 0.265. The minimum Gasteiger partial charge on any atom is -0.391 e. The van der Waals surface area contributed by atoms with Gasteiger partial charge in [0.2, 0.25) is 0 Å². The van der Waals surface area contributed by atoms with Gasteiger partial charge >= 0.3 is 0 Å². The van der Waals surface area contributed by atoms with Crippen molar-refractivity contribution >= 4 is 47.0 Å². The summed E-state index contributed by atoms with van der Waals surface area (Å²) in [7, 11) is 0. The molecular weight excluding hydrogens is 649 g/mol. The standard InChI is InChI=1S/C42H84OS4/c1-7-11-15-19-23-27-31-44-37-41(46-33-29-25-21-17-13-9-3)35-40(5,6)39(43)42(36-41,47-34-30-26-22-18-14-10-4)38-45-32-28-24-20-16-12-8-2/h39,43H,7-38H2,1-6H3. The van der Waals surface area contributed by atoms with Crippen LogP contribution in [0.25, 0.3) is 0 Å². The van der Waals surface area contributed by atoms with E-state index in [1.165, 1.54) is 196 Å². The molecule has 0 aromatic heterocycles. The van der Waals surface area contributed by atoms with Gasteiger partial charge in [0.05, 0.1) is 10.9 Å². The number of thioether (sulfide) groups is 4. The second-order valence-electron chi connectivity index (χ2n) is 15.9. The van der Waals surface area contributed by atoms with Crippen LogP contribution in [0.1, 0.15) is 208 Å². The number of hydrogen-bond donors (Lipinski definition) is 1. The number of aliphatic hydroxyl groups excluding tert-OH is 1. The molecule has 0 aliphatic heterocycles. The van der Waals surface area contributed by atoms with Crippen molar-refractivity contribution < 1.29 is 5.11 Å². The average molecular weight is 733 g/mol. The molecule has 1 aliphatic carbocycles. The van der Waals surface area contributed by atoms with E-state index in [0.29, 0.717) is 0 Å². The number of unbranched alkanes of at least 4 members (excludes halogenated alkanes) is 20. The molecule has 3 unspecified atom stereocenters. The summed E-state index contributed by atoms with van der Waals surface area (Å²) in [6.45, 7) is 14.1. The highest BCUT2D eigenvalue weighted by molar-refractivity contribution is 8.05. The van der Waals surface area contributed by atoms with Crippen LogP contribution in [0.3, 0.4) is 0 Å². The first-order valence-electron chi connectivity index (χ1n) is 20.9. The van der Waals surface area contributed by atoms with E-state index in [4.69, 9.17) is 0 Å². The molecule has 1 nitrogen and oxygen atoms in total. The highest BCUT2D eigenvalue weighted by atomic mass is 32.2. The maximum Gasteiger partial charge on any atom is 0.0746 e.